The van der Waals surface area contributed by atoms with E-state index in [0.717, 1.165) is 11.8 Å². The molecule has 2 atom stereocenters. The second-order valence-corrected chi connectivity index (χ2v) is 8.87. The normalized spacial score (nSPS) is 20.1. The van der Waals surface area contributed by atoms with Crippen molar-refractivity contribution in [2.45, 2.75) is 25.4 Å². The maximum Gasteiger partial charge on any atom is 0.196 e. The number of anilines is 1. The molecule has 0 saturated heterocycles. The van der Waals surface area contributed by atoms with Crippen LogP contribution in [0.3, 0.4) is 0 Å². The van der Waals surface area contributed by atoms with E-state index in [1.807, 2.05) is 19.1 Å². The molecule has 5 rings (SSSR count). The van der Waals surface area contributed by atoms with E-state index >= 15 is 0 Å². The summed E-state index contributed by atoms with van der Waals surface area (Å²) in [6.07, 6.45) is 4.75. The fourth-order valence-electron chi connectivity index (χ4n) is 4.27. The summed E-state index contributed by atoms with van der Waals surface area (Å²) in [4.78, 5) is 13.3. The first-order valence-corrected chi connectivity index (χ1v) is 11.9. The second kappa shape index (κ2) is 10.1. The highest BCUT2D eigenvalue weighted by atomic mass is 35.5. The quantitative estimate of drug-likeness (QED) is 0.213. The number of ether oxygens (including phenoxy) is 1. The lowest BCUT2D eigenvalue weighted by Gasteiger charge is -2.26. The van der Waals surface area contributed by atoms with Crippen LogP contribution in [0.25, 0.3) is 11.3 Å². The highest BCUT2D eigenvalue weighted by Gasteiger charge is 2.35. The average Bonchev–Trinajstić information content (AvgIpc) is 3.45. The number of allylic oxidation sites excluding steroid dienone is 2. The van der Waals surface area contributed by atoms with Crippen molar-refractivity contribution >= 4 is 34.4 Å². The molecule has 2 aromatic carbocycles. The standard InChI is InChI=1S/C25H24ClF2N7O/c1-14-31-13-35(34-14)21-8-4-16(29)12-22(21)36-10-2-9-30-24-19-7-6-18(23(19)32-25(26)33-24)17-5-3-15(27)11-20(17)28/h3-6,8,11-13,19,25H,2,7,9-10,29H2,1H3,(H,30,33). The molecule has 2 aliphatic rings. The zero-order valence-corrected chi connectivity index (χ0v) is 20.2. The zero-order chi connectivity index (χ0) is 25.2. The molecule has 36 heavy (non-hydrogen) atoms. The van der Waals surface area contributed by atoms with Gasteiger partial charge in [0.2, 0.25) is 0 Å². The van der Waals surface area contributed by atoms with Crippen molar-refractivity contribution in [2.75, 3.05) is 18.9 Å². The lowest BCUT2D eigenvalue weighted by atomic mass is 9.95. The third-order valence-electron chi connectivity index (χ3n) is 5.91. The molecule has 1 aliphatic heterocycles. The van der Waals surface area contributed by atoms with Crippen molar-refractivity contribution in [3.05, 3.63) is 71.8 Å². The maximum absolute atomic E-state index is 14.4. The van der Waals surface area contributed by atoms with Crippen LogP contribution in [0.4, 0.5) is 14.5 Å². The van der Waals surface area contributed by atoms with Crippen molar-refractivity contribution < 1.29 is 13.5 Å². The Labute approximate surface area is 211 Å². The van der Waals surface area contributed by atoms with Gasteiger partial charge in [0, 0.05) is 41.9 Å². The van der Waals surface area contributed by atoms with Crippen LogP contribution < -0.4 is 15.8 Å². The first kappa shape index (κ1) is 23.9. The number of alkyl halides is 1. The fourth-order valence-corrected chi connectivity index (χ4v) is 4.49. The number of aryl methyl sites for hydroxylation is 1. The minimum absolute atomic E-state index is 0.156. The fraction of sp³-hybridized carbons (Fsp3) is 0.280. The number of rotatable bonds is 7. The van der Waals surface area contributed by atoms with Crippen LogP contribution in [0.2, 0.25) is 0 Å². The monoisotopic (exact) mass is 511 g/mol. The third-order valence-corrected chi connectivity index (χ3v) is 6.12. The molecule has 0 saturated carbocycles. The Balaban J connectivity index is 1.23. The average molecular weight is 512 g/mol. The Bertz CT molecular complexity index is 1380. The number of hydrogen-bond donors (Lipinski definition) is 2. The highest BCUT2D eigenvalue weighted by Crippen LogP contribution is 2.35. The minimum atomic E-state index is -0.725. The SMILES string of the molecule is Cc1ncn(-c2ccc(N)cc2OCCCN=C2NC(Cl)N=C3C(c4ccc(F)cc4F)=CCC23)n1. The number of hydrogen-bond acceptors (Lipinski definition) is 6. The van der Waals surface area contributed by atoms with E-state index in [9.17, 15) is 8.78 Å². The summed E-state index contributed by atoms with van der Waals surface area (Å²) in [5.74, 6) is 0.533. The lowest BCUT2D eigenvalue weighted by Crippen LogP contribution is -2.43. The number of nitrogens with zero attached hydrogens (tertiary/aromatic N) is 5. The number of nitrogen functional groups attached to an aromatic ring is 1. The van der Waals surface area contributed by atoms with E-state index < -0.39 is 17.3 Å². The topological polar surface area (TPSA) is 103 Å². The Kier molecular flexibility index (Phi) is 6.69. The molecule has 0 bridgehead atoms. The van der Waals surface area contributed by atoms with Crippen LogP contribution in [-0.2, 0) is 0 Å². The van der Waals surface area contributed by atoms with Crippen molar-refractivity contribution in [3.8, 4) is 11.4 Å². The summed E-state index contributed by atoms with van der Waals surface area (Å²) < 4.78 is 35.4. The van der Waals surface area contributed by atoms with Crippen molar-refractivity contribution in [1.82, 2.24) is 20.1 Å². The maximum atomic E-state index is 14.4. The van der Waals surface area contributed by atoms with Crippen molar-refractivity contribution in [1.29, 1.82) is 0 Å². The van der Waals surface area contributed by atoms with Crippen molar-refractivity contribution in [3.63, 3.8) is 0 Å². The third kappa shape index (κ3) is 4.94. The Morgan fingerprint density at radius 2 is 2.11 bits per heavy atom. The smallest absolute Gasteiger partial charge is 0.196 e. The molecule has 8 nitrogen and oxygen atoms in total. The van der Waals surface area contributed by atoms with Gasteiger partial charge >= 0.3 is 0 Å². The number of amidine groups is 1. The van der Waals surface area contributed by atoms with Gasteiger partial charge in [0.15, 0.2) is 5.62 Å². The van der Waals surface area contributed by atoms with Crippen LogP contribution in [0, 0.1) is 24.5 Å². The first-order valence-electron chi connectivity index (χ1n) is 11.5. The molecule has 3 N–H and O–H groups in total. The molecule has 0 fully saturated rings. The summed E-state index contributed by atoms with van der Waals surface area (Å²) in [7, 11) is 0. The van der Waals surface area contributed by atoms with Gasteiger partial charge in [-0.1, -0.05) is 17.7 Å². The van der Waals surface area contributed by atoms with Gasteiger partial charge in [-0.15, -0.1) is 0 Å². The molecule has 1 aromatic heterocycles. The van der Waals surface area contributed by atoms with Crippen LogP contribution in [0.1, 0.15) is 24.2 Å². The largest absolute Gasteiger partial charge is 0.491 e. The minimum Gasteiger partial charge on any atom is -0.491 e. The van der Waals surface area contributed by atoms with Gasteiger partial charge in [-0.05, 0) is 37.6 Å². The lowest BCUT2D eigenvalue weighted by molar-refractivity contribution is 0.312. The Hall–Kier alpha value is -3.79. The zero-order valence-electron chi connectivity index (χ0n) is 19.5. The predicted octanol–water partition coefficient (Wildman–Crippen LogP) is 4.27. The summed E-state index contributed by atoms with van der Waals surface area (Å²) in [5, 5.41) is 7.43. The molecule has 1 aliphatic carbocycles. The van der Waals surface area contributed by atoms with Gasteiger partial charge in [0.1, 0.15) is 41.1 Å². The van der Waals surface area contributed by atoms with E-state index in [-0.39, 0.29) is 5.92 Å². The molecule has 0 spiro atoms. The number of nitrogens with one attached hydrogen (secondary N) is 1. The molecular weight excluding hydrogens is 488 g/mol. The molecule has 11 heteroatoms. The van der Waals surface area contributed by atoms with Gasteiger partial charge in [-0.2, -0.15) is 5.10 Å². The number of benzene rings is 2. The Morgan fingerprint density at radius 1 is 1.25 bits per heavy atom. The molecular formula is C25H24ClF2N7O. The summed E-state index contributed by atoms with van der Waals surface area (Å²) >= 11 is 6.30. The predicted molar refractivity (Wildman–Crippen MR) is 136 cm³/mol. The van der Waals surface area contributed by atoms with Crippen LogP contribution in [0.15, 0.2) is 58.8 Å². The number of aliphatic imine (C=N–C) groups is 2. The number of nitrogens with two attached hydrogens (primary N) is 1. The van der Waals surface area contributed by atoms with E-state index in [4.69, 9.17) is 27.1 Å². The number of halogens is 3. The summed E-state index contributed by atoms with van der Waals surface area (Å²) in [6, 6.07) is 8.89. The van der Waals surface area contributed by atoms with Crippen LogP contribution >= 0.6 is 11.6 Å². The second-order valence-electron chi connectivity index (χ2n) is 8.46. The van der Waals surface area contributed by atoms with E-state index in [1.165, 1.54) is 12.1 Å². The molecule has 0 radical (unpaired) electrons. The van der Waals surface area contributed by atoms with Crippen LogP contribution in [-0.4, -0.2) is 45.1 Å². The number of aromatic nitrogens is 3. The van der Waals surface area contributed by atoms with Gasteiger partial charge in [0.05, 0.1) is 18.2 Å². The van der Waals surface area contributed by atoms with E-state index in [0.29, 0.717) is 65.9 Å². The van der Waals surface area contributed by atoms with Crippen molar-refractivity contribution in [2.24, 2.45) is 15.9 Å². The van der Waals surface area contributed by atoms with Gasteiger partial charge in [0.25, 0.3) is 0 Å². The molecule has 0 amide bonds. The molecule has 2 unspecified atom stereocenters. The summed E-state index contributed by atoms with van der Waals surface area (Å²) in [5.41, 5.74) is 8.13. The highest BCUT2D eigenvalue weighted by molar-refractivity contribution is 6.35. The van der Waals surface area contributed by atoms with Crippen LogP contribution in [0.5, 0.6) is 5.75 Å². The summed E-state index contributed by atoms with van der Waals surface area (Å²) in [6.45, 7) is 2.70. The number of fused-ring (bicyclic) bond motifs is 1. The van der Waals surface area contributed by atoms with E-state index in [1.54, 1.807) is 23.1 Å². The molecule has 3 aromatic rings. The van der Waals surface area contributed by atoms with Gasteiger partial charge < -0.3 is 15.8 Å². The van der Waals surface area contributed by atoms with Gasteiger partial charge in [-0.3, -0.25) is 4.99 Å². The molecule has 186 valence electrons. The first-order chi connectivity index (χ1) is 17.4. The Morgan fingerprint density at radius 3 is 2.89 bits per heavy atom. The van der Waals surface area contributed by atoms with Gasteiger partial charge in [-0.25, -0.2) is 23.4 Å². The van der Waals surface area contributed by atoms with E-state index in [2.05, 4.69) is 20.4 Å². The molecule has 2 heterocycles.